The molecule has 0 atom stereocenters. The van der Waals surface area contributed by atoms with E-state index < -0.39 is 0 Å². The molecule has 3 rings (SSSR count). The van der Waals surface area contributed by atoms with Gasteiger partial charge in [-0.3, -0.25) is 4.57 Å². The number of anilines is 1. The van der Waals surface area contributed by atoms with Crippen LogP contribution in [0.3, 0.4) is 0 Å². The van der Waals surface area contributed by atoms with Crippen molar-refractivity contribution < 1.29 is 0 Å². The highest BCUT2D eigenvalue weighted by molar-refractivity contribution is 5.80. The summed E-state index contributed by atoms with van der Waals surface area (Å²) in [6.45, 7) is 8.99. The third-order valence-electron chi connectivity index (χ3n) is 3.64. The number of imidazole rings is 1. The fourth-order valence-corrected chi connectivity index (χ4v) is 2.60. The monoisotopic (exact) mass is 269 g/mol. The zero-order chi connectivity index (χ0) is 14.4. The Kier molecular flexibility index (Phi) is 2.78. The molecule has 0 fully saturated rings. The summed E-state index contributed by atoms with van der Waals surface area (Å²) < 4.78 is 3.96. The Balaban J connectivity index is 2.41. The van der Waals surface area contributed by atoms with Gasteiger partial charge in [0.1, 0.15) is 5.52 Å². The van der Waals surface area contributed by atoms with Gasteiger partial charge in [-0.2, -0.15) is 5.10 Å². The third-order valence-corrected chi connectivity index (χ3v) is 3.64. The van der Waals surface area contributed by atoms with Crippen molar-refractivity contribution >= 4 is 17.1 Å². The van der Waals surface area contributed by atoms with Gasteiger partial charge in [0.05, 0.1) is 11.4 Å². The average Bonchev–Trinajstić information content (AvgIpc) is 2.90. The van der Waals surface area contributed by atoms with E-state index in [1.165, 1.54) is 11.1 Å². The highest BCUT2D eigenvalue weighted by atomic mass is 15.4. The van der Waals surface area contributed by atoms with Gasteiger partial charge in [0.25, 0.3) is 0 Å². The lowest BCUT2D eigenvalue weighted by Gasteiger charge is -2.11. The van der Waals surface area contributed by atoms with Crippen molar-refractivity contribution in [1.82, 2.24) is 19.3 Å². The normalized spacial score (nSPS) is 11.4. The highest BCUT2D eigenvalue weighted by Gasteiger charge is 2.18. The van der Waals surface area contributed by atoms with Crippen LogP contribution in [0.25, 0.3) is 16.9 Å². The summed E-state index contributed by atoms with van der Waals surface area (Å²) in [5.41, 5.74) is 12.4. The molecule has 2 N–H and O–H groups in total. The summed E-state index contributed by atoms with van der Waals surface area (Å²) in [5, 5.41) is 4.53. The van der Waals surface area contributed by atoms with Crippen molar-refractivity contribution in [2.75, 3.05) is 5.73 Å². The van der Waals surface area contributed by atoms with Gasteiger partial charge < -0.3 is 5.73 Å². The molecule has 0 aliphatic heterocycles. The Labute approximate surface area is 118 Å². The Morgan fingerprint density at radius 1 is 1.20 bits per heavy atom. The fraction of sp³-hybridized carbons (Fsp3) is 0.333. The first-order valence-electron chi connectivity index (χ1n) is 6.82. The molecule has 0 saturated heterocycles. The lowest BCUT2D eigenvalue weighted by atomic mass is 10.1. The zero-order valence-corrected chi connectivity index (χ0v) is 12.3. The minimum absolute atomic E-state index is 0.511. The maximum atomic E-state index is 6.15. The first kappa shape index (κ1) is 12.7. The molecule has 1 aromatic carbocycles. The van der Waals surface area contributed by atoms with Gasteiger partial charge >= 0.3 is 0 Å². The van der Waals surface area contributed by atoms with Crippen molar-refractivity contribution in [2.24, 2.45) is 0 Å². The molecule has 0 saturated carbocycles. The number of aryl methyl sites for hydroxylation is 4. The Morgan fingerprint density at radius 2 is 1.95 bits per heavy atom. The number of benzene rings is 1. The molecule has 5 heteroatoms. The zero-order valence-electron chi connectivity index (χ0n) is 12.3. The van der Waals surface area contributed by atoms with Gasteiger partial charge in [-0.05, 0) is 44.9 Å². The molecule has 0 aliphatic rings. The van der Waals surface area contributed by atoms with Crippen LogP contribution >= 0.6 is 0 Å². The van der Waals surface area contributed by atoms with Gasteiger partial charge in [-0.15, -0.1) is 0 Å². The van der Waals surface area contributed by atoms with Crippen molar-refractivity contribution in [3.63, 3.8) is 0 Å². The molecule has 3 aromatic rings. The van der Waals surface area contributed by atoms with Gasteiger partial charge in [-0.1, -0.05) is 12.1 Å². The number of hydrogen-bond donors (Lipinski definition) is 1. The van der Waals surface area contributed by atoms with Crippen LogP contribution in [0.2, 0.25) is 0 Å². The maximum Gasteiger partial charge on any atom is 0.207 e. The first-order valence-corrected chi connectivity index (χ1v) is 6.82. The predicted molar refractivity (Wildman–Crippen MR) is 81.2 cm³/mol. The second kappa shape index (κ2) is 4.37. The van der Waals surface area contributed by atoms with E-state index in [-0.39, 0.29) is 0 Å². The predicted octanol–water partition coefficient (Wildman–Crippen LogP) is 2.75. The highest BCUT2D eigenvalue weighted by Crippen LogP contribution is 2.27. The van der Waals surface area contributed by atoms with Crippen LogP contribution in [0.5, 0.6) is 0 Å². The molecule has 0 aliphatic carbocycles. The molecule has 104 valence electrons. The number of nitrogen functional groups attached to an aromatic ring is 1. The van der Waals surface area contributed by atoms with Gasteiger partial charge in [0.15, 0.2) is 5.65 Å². The van der Waals surface area contributed by atoms with Crippen LogP contribution in [-0.4, -0.2) is 19.3 Å². The minimum atomic E-state index is 0.511. The minimum Gasteiger partial charge on any atom is -0.369 e. The van der Waals surface area contributed by atoms with Crippen molar-refractivity contribution in [2.45, 2.75) is 34.2 Å². The average molecular weight is 269 g/mol. The molecule has 5 nitrogen and oxygen atoms in total. The summed E-state index contributed by atoms with van der Waals surface area (Å²) in [4.78, 5) is 4.49. The maximum absolute atomic E-state index is 6.15. The van der Waals surface area contributed by atoms with Gasteiger partial charge in [0.2, 0.25) is 5.95 Å². The lowest BCUT2D eigenvalue weighted by Crippen LogP contribution is -2.08. The summed E-state index contributed by atoms with van der Waals surface area (Å²) in [6.07, 6.45) is 0. The topological polar surface area (TPSA) is 61.7 Å². The van der Waals surface area contributed by atoms with Crippen LogP contribution in [-0.2, 0) is 6.54 Å². The van der Waals surface area contributed by atoms with E-state index in [0.29, 0.717) is 5.95 Å². The van der Waals surface area contributed by atoms with E-state index in [1.807, 2.05) is 16.2 Å². The standard InChI is InChI=1S/C15H19N5/c1-5-19-14-13(11(4)18-19)17-15(16)20(14)12-8-9(2)6-7-10(12)3/h6-8H,5H2,1-4H3,(H2,16,17). The Morgan fingerprint density at radius 3 is 2.65 bits per heavy atom. The number of nitrogens with zero attached hydrogens (tertiary/aromatic N) is 4. The van der Waals surface area contributed by atoms with Crippen molar-refractivity contribution in [3.05, 3.63) is 35.0 Å². The largest absolute Gasteiger partial charge is 0.369 e. The first-order chi connectivity index (χ1) is 9.52. The molecular weight excluding hydrogens is 250 g/mol. The number of nitrogens with two attached hydrogens (primary N) is 1. The van der Waals surface area contributed by atoms with Crippen LogP contribution in [0, 0.1) is 20.8 Å². The molecule has 0 radical (unpaired) electrons. The van der Waals surface area contributed by atoms with Crippen LogP contribution < -0.4 is 5.73 Å². The van der Waals surface area contributed by atoms with E-state index in [0.717, 1.165) is 29.1 Å². The molecule has 2 heterocycles. The summed E-state index contributed by atoms with van der Waals surface area (Å²) in [7, 11) is 0. The second-order valence-electron chi connectivity index (χ2n) is 5.17. The van der Waals surface area contributed by atoms with E-state index in [2.05, 4.69) is 49.1 Å². The quantitative estimate of drug-likeness (QED) is 0.778. The number of rotatable bonds is 2. The van der Waals surface area contributed by atoms with Crippen LogP contribution in [0.4, 0.5) is 5.95 Å². The Bertz CT molecular complexity index is 794. The summed E-state index contributed by atoms with van der Waals surface area (Å²) in [5.74, 6) is 0.511. The molecule has 20 heavy (non-hydrogen) atoms. The lowest BCUT2D eigenvalue weighted by molar-refractivity contribution is 0.663. The van der Waals surface area contributed by atoms with Crippen LogP contribution in [0.15, 0.2) is 18.2 Å². The number of aromatic nitrogens is 4. The molecule has 2 aromatic heterocycles. The Hall–Kier alpha value is -2.30. The number of fused-ring (bicyclic) bond motifs is 1. The van der Waals surface area contributed by atoms with E-state index in [1.54, 1.807) is 0 Å². The van der Waals surface area contributed by atoms with E-state index >= 15 is 0 Å². The smallest absolute Gasteiger partial charge is 0.207 e. The summed E-state index contributed by atoms with van der Waals surface area (Å²) >= 11 is 0. The SMILES string of the molecule is CCn1nc(C)c2nc(N)n(-c3cc(C)ccc3C)c21. The molecule has 0 unspecified atom stereocenters. The molecular formula is C15H19N5. The van der Waals surface area contributed by atoms with Crippen molar-refractivity contribution in [1.29, 1.82) is 0 Å². The molecule has 0 bridgehead atoms. The van der Waals surface area contributed by atoms with Crippen molar-refractivity contribution in [3.8, 4) is 5.69 Å². The van der Waals surface area contributed by atoms with Crippen LogP contribution in [0.1, 0.15) is 23.7 Å². The van der Waals surface area contributed by atoms with E-state index in [4.69, 9.17) is 5.73 Å². The molecule has 0 spiro atoms. The van der Waals surface area contributed by atoms with Gasteiger partial charge in [-0.25, -0.2) is 9.67 Å². The number of hydrogen-bond acceptors (Lipinski definition) is 3. The van der Waals surface area contributed by atoms with Gasteiger partial charge in [0, 0.05) is 6.54 Å². The summed E-state index contributed by atoms with van der Waals surface area (Å²) in [6, 6.07) is 6.34. The second-order valence-corrected chi connectivity index (χ2v) is 5.17. The molecule has 0 amide bonds. The fourth-order valence-electron chi connectivity index (χ4n) is 2.60. The third kappa shape index (κ3) is 1.70. The van der Waals surface area contributed by atoms with E-state index in [9.17, 15) is 0 Å².